The molecule has 1 aliphatic carbocycles. The molecule has 3 rings (SSSR count). The van der Waals surface area contributed by atoms with Gasteiger partial charge in [0.2, 0.25) is 0 Å². The summed E-state index contributed by atoms with van der Waals surface area (Å²) in [5, 5.41) is 0. The van der Waals surface area contributed by atoms with Gasteiger partial charge in [-0.2, -0.15) is 0 Å². The van der Waals surface area contributed by atoms with Crippen molar-refractivity contribution < 1.29 is 4.74 Å². The Bertz CT molecular complexity index is 354. The molecule has 1 heterocycles. The first-order chi connectivity index (χ1) is 7.84. The zero-order valence-electron chi connectivity index (χ0n) is 9.86. The highest BCUT2D eigenvalue weighted by Crippen LogP contribution is 2.47. The summed E-state index contributed by atoms with van der Waals surface area (Å²) in [5.74, 6) is 1.73. The topological polar surface area (TPSA) is 12.5 Å². The Hall–Kier alpha value is -1.02. The minimum Gasteiger partial charge on any atom is -0.378 e. The summed E-state index contributed by atoms with van der Waals surface area (Å²) in [6, 6.07) is 9.15. The second kappa shape index (κ2) is 4.10. The average Bonchev–Trinajstić information content (AvgIpc) is 3.08. The van der Waals surface area contributed by atoms with Gasteiger partial charge in [-0.15, -0.1) is 0 Å². The van der Waals surface area contributed by atoms with E-state index in [1.807, 2.05) is 0 Å². The van der Waals surface area contributed by atoms with Gasteiger partial charge < -0.3 is 9.64 Å². The number of nitrogens with zero attached hydrogens (tertiary/aromatic N) is 1. The van der Waals surface area contributed by atoms with Crippen LogP contribution in [0.1, 0.15) is 24.8 Å². The largest absolute Gasteiger partial charge is 0.378 e. The Morgan fingerprint density at radius 1 is 1.12 bits per heavy atom. The van der Waals surface area contributed by atoms with E-state index in [1.54, 1.807) is 0 Å². The molecule has 86 valence electrons. The smallest absolute Gasteiger partial charge is 0.0642 e. The van der Waals surface area contributed by atoms with Crippen molar-refractivity contribution in [2.45, 2.75) is 19.3 Å². The minimum atomic E-state index is 0.832. The monoisotopic (exact) mass is 217 g/mol. The fourth-order valence-electron chi connectivity index (χ4n) is 2.54. The second-order valence-electron chi connectivity index (χ2n) is 5.01. The fraction of sp³-hybridized carbons (Fsp3) is 0.571. The lowest BCUT2D eigenvalue weighted by molar-refractivity contribution is 0.122. The molecule has 2 aliphatic rings. The lowest BCUT2D eigenvalue weighted by Crippen LogP contribution is -2.36. The third-order valence-corrected chi connectivity index (χ3v) is 3.81. The molecule has 0 bridgehead atoms. The van der Waals surface area contributed by atoms with Gasteiger partial charge in [0.25, 0.3) is 0 Å². The molecule has 0 amide bonds. The predicted molar refractivity (Wildman–Crippen MR) is 66.0 cm³/mol. The van der Waals surface area contributed by atoms with E-state index in [9.17, 15) is 0 Å². The molecule has 1 saturated carbocycles. The van der Waals surface area contributed by atoms with E-state index < -0.39 is 0 Å². The first-order valence-corrected chi connectivity index (χ1v) is 6.27. The summed E-state index contributed by atoms with van der Waals surface area (Å²) >= 11 is 0. The van der Waals surface area contributed by atoms with Crippen molar-refractivity contribution in [1.29, 1.82) is 0 Å². The zero-order chi connectivity index (χ0) is 11.0. The van der Waals surface area contributed by atoms with E-state index in [0.29, 0.717) is 0 Å². The Kier molecular flexibility index (Phi) is 2.60. The maximum absolute atomic E-state index is 5.37. The summed E-state index contributed by atoms with van der Waals surface area (Å²) in [6.45, 7) is 6.11. The van der Waals surface area contributed by atoms with Crippen LogP contribution in [-0.2, 0) is 4.74 Å². The first-order valence-electron chi connectivity index (χ1n) is 6.27. The van der Waals surface area contributed by atoms with Crippen LogP contribution in [0, 0.1) is 5.92 Å². The Morgan fingerprint density at radius 2 is 1.75 bits per heavy atom. The van der Waals surface area contributed by atoms with Gasteiger partial charge >= 0.3 is 0 Å². The summed E-state index contributed by atoms with van der Waals surface area (Å²) < 4.78 is 5.37. The van der Waals surface area contributed by atoms with E-state index >= 15 is 0 Å². The number of anilines is 1. The van der Waals surface area contributed by atoms with E-state index in [-0.39, 0.29) is 0 Å². The summed E-state index contributed by atoms with van der Waals surface area (Å²) in [6.07, 6.45) is 1.37. The van der Waals surface area contributed by atoms with Gasteiger partial charge in [-0.1, -0.05) is 19.1 Å². The van der Waals surface area contributed by atoms with Crippen LogP contribution in [0.2, 0.25) is 0 Å². The van der Waals surface area contributed by atoms with E-state index in [4.69, 9.17) is 4.74 Å². The molecular weight excluding hydrogens is 198 g/mol. The van der Waals surface area contributed by atoms with Crippen molar-refractivity contribution in [2.24, 2.45) is 5.92 Å². The molecule has 1 saturated heterocycles. The number of hydrogen-bond acceptors (Lipinski definition) is 2. The lowest BCUT2D eigenvalue weighted by atomic mass is 10.1. The van der Waals surface area contributed by atoms with Gasteiger partial charge in [0, 0.05) is 18.8 Å². The van der Waals surface area contributed by atoms with Gasteiger partial charge in [-0.25, -0.2) is 0 Å². The van der Waals surface area contributed by atoms with Crippen LogP contribution in [0.15, 0.2) is 24.3 Å². The van der Waals surface area contributed by atoms with E-state index in [1.165, 1.54) is 17.7 Å². The van der Waals surface area contributed by atoms with E-state index in [0.717, 1.165) is 38.1 Å². The van der Waals surface area contributed by atoms with Gasteiger partial charge in [-0.05, 0) is 36.0 Å². The molecule has 1 aromatic rings. The van der Waals surface area contributed by atoms with Crippen LogP contribution in [-0.4, -0.2) is 26.3 Å². The minimum absolute atomic E-state index is 0.832. The van der Waals surface area contributed by atoms with Crippen molar-refractivity contribution in [3.05, 3.63) is 29.8 Å². The third-order valence-electron chi connectivity index (χ3n) is 3.81. The van der Waals surface area contributed by atoms with Crippen molar-refractivity contribution >= 4 is 5.69 Å². The average molecular weight is 217 g/mol. The predicted octanol–water partition coefficient (Wildman–Crippen LogP) is 2.65. The number of benzene rings is 1. The van der Waals surface area contributed by atoms with Crippen molar-refractivity contribution in [1.82, 2.24) is 0 Å². The number of ether oxygens (including phenoxy) is 1. The summed E-state index contributed by atoms with van der Waals surface area (Å²) in [4.78, 5) is 2.41. The molecule has 16 heavy (non-hydrogen) atoms. The van der Waals surface area contributed by atoms with Gasteiger partial charge in [0.15, 0.2) is 0 Å². The van der Waals surface area contributed by atoms with E-state index in [2.05, 4.69) is 36.1 Å². The number of rotatable bonds is 2. The molecule has 2 fully saturated rings. The molecule has 0 aromatic heterocycles. The van der Waals surface area contributed by atoms with Gasteiger partial charge in [0.05, 0.1) is 13.2 Å². The SMILES string of the molecule is C[C@H]1C[C@@H]1c1ccc(N2CCOCC2)cc1. The summed E-state index contributed by atoms with van der Waals surface area (Å²) in [7, 11) is 0. The summed E-state index contributed by atoms with van der Waals surface area (Å²) in [5.41, 5.74) is 2.87. The van der Waals surface area contributed by atoms with Crippen LogP contribution in [0.4, 0.5) is 5.69 Å². The molecule has 2 nitrogen and oxygen atoms in total. The lowest BCUT2D eigenvalue weighted by Gasteiger charge is -2.28. The first kappa shape index (κ1) is 10.2. The Balaban J connectivity index is 1.71. The van der Waals surface area contributed by atoms with Crippen molar-refractivity contribution in [3.8, 4) is 0 Å². The zero-order valence-corrected chi connectivity index (χ0v) is 9.86. The van der Waals surface area contributed by atoms with Crippen LogP contribution in [0.5, 0.6) is 0 Å². The molecule has 2 atom stereocenters. The van der Waals surface area contributed by atoms with Crippen LogP contribution < -0.4 is 4.90 Å². The molecule has 2 heteroatoms. The third kappa shape index (κ3) is 1.94. The normalized spacial score (nSPS) is 29.2. The molecule has 0 unspecified atom stereocenters. The van der Waals surface area contributed by atoms with Crippen LogP contribution in [0.3, 0.4) is 0 Å². The van der Waals surface area contributed by atoms with Crippen molar-refractivity contribution in [2.75, 3.05) is 31.2 Å². The Morgan fingerprint density at radius 3 is 2.31 bits per heavy atom. The van der Waals surface area contributed by atoms with Crippen LogP contribution in [0.25, 0.3) is 0 Å². The standard InChI is InChI=1S/C14H19NO/c1-11-10-14(11)12-2-4-13(5-3-12)15-6-8-16-9-7-15/h2-5,11,14H,6-10H2,1H3/t11-,14-/m0/s1. The highest BCUT2D eigenvalue weighted by molar-refractivity contribution is 5.49. The maximum atomic E-state index is 5.37. The number of morpholine rings is 1. The highest BCUT2D eigenvalue weighted by atomic mass is 16.5. The number of hydrogen-bond donors (Lipinski definition) is 0. The Labute approximate surface area is 97.2 Å². The van der Waals surface area contributed by atoms with Gasteiger partial charge in [0.1, 0.15) is 0 Å². The molecule has 0 N–H and O–H groups in total. The molecule has 1 aromatic carbocycles. The quantitative estimate of drug-likeness (QED) is 0.755. The molecule has 0 spiro atoms. The highest BCUT2D eigenvalue weighted by Gasteiger charge is 2.33. The van der Waals surface area contributed by atoms with Gasteiger partial charge in [-0.3, -0.25) is 0 Å². The molecular formula is C14H19NO. The fourth-order valence-corrected chi connectivity index (χ4v) is 2.54. The second-order valence-corrected chi connectivity index (χ2v) is 5.01. The molecule has 1 aliphatic heterocycles. The molecule has 0 radical (unpaired) electrons. The van der Waals surface area contributed by atoms with Crippen LogP contribution >= 0.6 is 0 Å². The van der Waals surface area contributed by atoms with Crippen molar-refractivity contribution in [3.63, 3.8) is 0 Å². The maximum Gasteiger partial charge on any atom is 0.0642 e.